The van der Waals surface area contributed by atoms with E-state index in [-0.39, 0.29) is 12.2 Å². The summed E-state index contributed by atoms with van der Waals surface area (Å²) in [4.78, 5) is 13.7. The summed E-state index contributed by atoms with van der Waals surface area (Å²) in [5, 5.41) is 2.24. The van der Waals surface area contributed by atoms with E-state index in [2.05, 4.69) is 11.4 Å². The molecule has 0 unspecified atom stereocenters. The Morgan fingerprint density at radius 1 is 1.07 bits per heavy atom. The molecule has 7 heteroatoms. The Hall–Kier alpha value is -2.54. The second-order valence-electron chi connectivity index (χ2n) is 6.53. The van der Waals surface area contributed by atoms with Crippen molar-refractivity contribution in [2.45, 2.75) is 20.3 Å². The van der Waals surface area contributed by atoms with Gasteiger partial charge in [0.2, 0.25) is 5.91 Å². The van der Waals surface area contributed by atoms with Crippen LogP contribution < -0.4 is 10.1 Å². The van der Waals surface area contributed by atoms with Gasteiger partial charge in [0.1, 0.15) is 5.75 Å². The van der Waals surface area contributed by atoms with Crippen LogP contribution in [0.4, 0.5) is 18.9 Å². The number of anilines is 1. The second-order valence-corrected chi connectivity index (χ2v) is 6.53. The van der Waals surface area contributed by atoms with Crippen molar-refractivity contribution in [3.8, 4) is 5.75 Å². The van der Waals surface area contributed by atoms with Gasteiger partial charge in [0.05, 0.1) is 18.8 Å². The van der Waals surface area contributed by atoms with Crippen LogP contribution in [0.15, 0.2) is 30.3 Å². The molecule has 1 amide bonds. The lowest BCUT2D eigenvalue weighted by Gasteiger charge is -2.17. The van der Waals surface area contributed by atoms with Crippen molar-refractivity contribution in [1.82, 2.24) is 4.90 Å². The Balaban J connectivity index is 1.74. The maximum Gasteiger partial charge on any atom is 0.238 e. The predicted octanol–water partition coefficient (Wildman–Crippen LogP) is 4.06. The van der Waals surface area contributed by atoms with Crippen LogP contribution in [0.5, 0.6) is 5.75 Å². The van der Waals surface area contributed by atoms with E-state index in [1.54, 1.807) is 11.9 Å². The molecule has 0 saturated heterocycles. The molecule has 4 nitrogen and oxygen atoms in total. The van der Waals surface area contributed by atoms with E-state index < -0.39 is 23.4 Å². The molecule has 0 spiro atoms. The summed E-state index contributed by atoms with van der Waals surface area (Å²) in [6.45, 7) is 5.07. The van der Waals surface area contributed by atoms with E-state index in [0.29, 0.717) is 19.6 Å². The Labute approximate surface area is 156 Å². The fourth-order valence-electron chi connectivity index (χ4n) is 2.68. The molecule has 27 heavy (non-hydrogen) atoms. The Morgan fingerprint density at radius 2 is 1.74 bits per heavy atom. The fraction of sp³-hybridized carbons (Fsp3) is 0.350. The number of hydrogen-bond donors (Lipinski definition) is 1. The summed E-state index contributed by atoms with van der Waals surface area (Å²) < 4.78 is 45.3. The molecule has 0 aliphatic rings. The van der Waals surface area contributed by atoms with Crippen LogP contribution >= 0.6 is 0 Å². The van der Waals surface area contributed by atoms with Crippen LogP contribution in [0, 0.1) is 31.3 Å². The first-order chi connectivity index (χ1) is 12.8. The third-order valence-electron chi connectivity index (χ3n) is 3.87. The fourth-order valence-corrected chi connectivity index (χ4v) is 2.68. The number of amides is 1. The molecular formula is C20H23F3N2O2. The summed E-state index contributed by atoms with van der Waals surface area (Å²) in [7, 11) is 1.73. The maximum absolute atomic E-state index is 13.6. The molecule has 0 saturated carbocycles. The average Bonchev–Trinajstić information content (AvgIpc) is 2.58. The zero-order valence-corrected chi connectivity index (χ0v) is 15.6. The van der Waals surface area contributed by atoms with Crippen LogP contribution in [0.1, 0.15) is 17.5 Å². The zero-order valence-electron chi connectivity index (χ0n) is 15.6. The number of carbonyl (C=O) groups is 1. The van der Waals surface area contributed by atoms with E-state index in [9.17, 15) is 18.0 Å². The van der Waals surface area contributed by atoms with Crippen molar-refractivity contribution < 1.29 is 22.7 Å². The van der Waals surface area contributed by atoms with Gasteiger partial charge in [-0.05, 0) is 62.7 Å². The lowest BCUT2D eigenvalue weighted by Crippen LogP contribution is -2.31. The van der Waals surface area contributed by atoms with Gasteiger partial charge in [-0.2, -0.15) is 0 Å². The Kier molecular flexibility index (Phi) is 7.24. The molecule has 0 aliphatic heterocycles. The molecular weight excluding hydrogens is 357 g/mol. The second kappa shape index (κ2) is 9.41. The van der Waals surface area contributed by atoms with Crippen LogP contribution in [0.3, 0.4) is 0 Å². The van der Waals surface area contributed by atoms with E-state index in [1.807, 2.05) is 26.0 Å². The Bertz CT molecular complexity index is 792. The van der Waals surface area contributed by atoms with Crippen molar-refractivity contribution in [2.75, 3.05) is 32.1 Å². The van der Waals surface area contributed by atoms with Crippen LogP contribution in [-0.2, 0) is 4.79 Å². The van der Waals surface area contributed by atoms with Gasteiger partial charge in [0, 0.05) is 6.54 Å². The highest BCUT2D eigenvalue weighted by molar-refractivity contribution is 5.92. The van der Waals surface area contributed by atoms with Crippen molar-refractivity contribution in [3.63, 3.8) is 0 Å². The summed E-state index contributed by atoms with van der Waals surface area (Å²) in [5.41, 5.74) is 1.87. The summed E-state index contributed by atoms with van der Waals surface area (Å²) in [6.07, 6.45) is 0.691. The highest BCUT2D eigenvalue weighted by Crippen LogP contribution is 2.19. The van der Waals surface area contributed by atoms with Gasteiger partial charge in [-0.15, -0.1) is 0 Å². The van der Waals surface area contributed by atoms with Gasteiger partial charge >= 0.3 is 0 Å². The lowest BCUT2D eigenvalue weighted by atomic mass is 10.1. The number of nitrogens with zero attached hydrogens (tertiary/aromatic N) is 1. The lowest BCUT2D eigenvalue weighted by molar-refractivity contribution is -0.117. The van der Waals surface area contributed by atoms with Gasteiger partial charge in [-0.3, -0.25) is 9.69 Å². The topological polar surface area (TPSA) is 41.6 Å². The highest BCUT2D eigenvalue weighted by atomic mass is 19.2. The third-order valence-corrected chi connectivity index (χ3v) is 3.87. The number of likely N-dealkylation sites (N-methyl/N-ethyl adjacent to an activating group) is 1. The Morgan fingerprint density at radius 3 is 2.41 bits per heavy atom. The minimum Gasteiger partial charge on any atom is -0.494 e. The summed E-state index contributed by atoms with van der Waals surface area (Å²) in [5.74, 6) is -4.02. The minimum absolute atomic E-state index is 0.0119. The van der Waals surface area contributed by atoms with E-state index in [1.165, 1.54) is 0 Å². The van der Waals surface area contributed by atoms with Gasteiger partial charge in [-0.1, -0.05) is 6.07 Å². The largest absolute Gasteiger partial charge is 0.494 e. The molecule has 0 atom stereocenters. The predicted molar refractivity (Wildman–Crippen MR) is 98.5 cm³/mol. The SMILES string of the molecule is Cc1cc(C)cc(OCCCN(C)CC(=O)Nc2ccc(F)c(F)c2F)c1. The van der Waals surface area contributed by atoms with Crippen molar-refractivity contribution >= 4 is 11.6 Å². The molecule has 0 aliphatic carbocycles. The molecule has 2 aromatic carbocycles. The van der Waals surface area contributed by atoms with Gasteiger partial charge in [0.15, 0.2) is 17.5 Å². The summed E-state index contributed by atoms with van der Waals surface area (Å²) >= 11 is 0. The average molecular weight is 380 g/mol. The normalized spacial score (nSPS) is 10.9. The quantitative estimate of drug-likeness (QED) is 0.555. The van der Waals surface area contributed by atoms with Crippen LogP contribution in [-0.4, -0.2) is 37.6 Å². The van der Waals surface area contributed by atoms with Crippen LogP contribution in [0.2, 0.25) is 0 Å². The van der Waals surface area contributed by atoms with Crippen molar-refractivity contribution in [2.24, 2.45) is 0 Å². The number of rotatable bonds is 8. The molecule has 0 bridgehead atoms. The molecule has 0 fully saturated rings. The highest BCUT2D eigenvalue weighted by Gasteiger charge is 2.15. The zero-order chi connectivity index (χ0) is 20.0. The van der Waals surface area contributed by atoms with E-state index in [4.69, 9.17) is 4.74 Å². The van der Waals surface area contributed by atoms with Crippen molar-refractivity contribution in [3.05, 3.63) is 58.9 Å². The maximum atomic E-state index is 13.6. The molecule has 146 valence electrons. The standard InChI is InChI=1S/C20H23F3N2O2/c1-13-9-14(2)11-15(10-13)27-8-4-7-25(3)12-18(26)24-17-6-5-16(21)19(22)20(17)23/h5-6,9-11H,4,7-8,12H2,1-3H3,(H,24,26). The molecule has 0 radical (unpaired) electrons. The first-order valence-corrected chi connectivity index (χ1v) is 8.59. The number of carbonyl (C=O) groups excluding carboxylic acids is 1. The molecule has 2 rings (SSSR count). The first kappa shape index (κ1) is 20.8. The molecule has 0 heterocycles. The molecule has 0 aromatic heterocycles. The number of aryl methyl sites for hydroxylation is 2. The van der Waals surface area contributed by atoms with E-state index >= 15 is 0 Å². The smallest absolute Gasteiger partial charge is 0.238 e. The minimum atomic E-state index is -1.61. The number of ether oxygens (including phenoxy) is 1. The monoisotopic (exact) mass is 380 g/mol. The first-order valence-electron chi connectivity index (χ1n) is 8.59. The molecule has 2 aromatic rings. The summed E-state index contributed by atoms with van der Waals surface area (Å²) in [6, 6.07) is 7.74. The molecule has 1 N–H and O–H groups in total. The van der Waals surface area contributed by atoms with Crippen LogP contribution in [0.25, 0.3) is 0 Å². The third kappa shape index (κ3) is 6.29. The van der Waals surface area contributed by atoms with Gasteiger partial charge in [0.25, 0.3) is 0 Å². The van der Waals surface area contributed by atoms with Crippen molar-refractivity contribution in [1.29, 1.82) is 0 Å². The van der Waals surface area contributed by atoms with Gasteiger partial charge < -0.3 is 10.1 Å². The number of benzene rings is 2. The number of halogens is 3. The number of nitrogens with one attached hydrogen (secondary N) is 1. The number of hydrogen-bond acceptors (Lipinski definition) is 3. The van der Waals surface area contributed by atoms with Gasteiger partial charge in [-0.25, -0.2) is 13.2 Å². The van der Waals surface area contributed by atoms with E-state index in [0.717, 1.165) is 29.0 Å².